The van der Waals surface area contributed by atoms with Crippen LogP contribution in [0.3, 0.4) is 0 Å². The lowest BCUT2D eigenvalue weighted by Crippen LogP contribution is -2.69. The van der Waals surface area contributed by atoms with Crippen LogP contribution < -0.4 is 10.9 Å². The molecule has 208 valence electrons. The summed E-state index contributed by atoms with van der Waals surface area (Å²) in [5.41, 5.74) is -0.226. The number of morpholine rings is 1. The third kappa shape index (κ3) is 7.64. The van der Waals surface area contributed by atoms with Crippen LogP contribution in [0, 0.1) is 0 Å². The first-order valence-corrected chi connectivity index (χ1v) is 12.6. The second-order valence-corrected chi connectivity index (χ2v) is 9.01. The van der Waals surface area contributed by atoms with Gasteiger partial charge in [0.2, 0.25) is 5.56 Å². The fourth-order valence-electron chi connectivity index (χ4n) is 4.24. The molecule has 1 aliphatic rings. The molecule has 11 nitrogen and oxygen atoms in total. The van der Waals surface area contributed by atoms with Crippen molar-refractivity contribution in [3.05, 3.63) is 81.1 Å². The minimum atomic E-state index is -1.55. The van der Waals surface area contributed by atoms with Gasteiger partial charge in [0, 0.05) is 47.1 Å². The van der Waals surface area contributed by atoms with Crippen molar-refractivity contribution in [2.75, 3.05) is 39.5 Å². The third-order valence-corrected chi connectivity index (χ3v) is 6.26. The molecule has 0 spiro atoms. The lowest BCUT2D eigenvalue weighted by atomic mass is 9.93. The number of benzene rings is 2. The number of hydrogen-bond acceptors (Lipinski definition) is 8. The first kappa shape index (κ1) is 29.8. The first-order chi connectivity index (χ1) is 18.7. The molecule has 1 aromatic heterocycles. The maximum absolute atomic E-state index is 13.6. The van der Waals surface area contributed by atoms with Crippen molar-refractivity contribution < 1.29 is 34.1 Å². The largest absolute Gasteiger partial charge is 0.480 e. The summed E-state index contributed by atoms with van der Waals surface area (Å²) in [6.07, 6.45) is 0.0373. The minimum Gasteiger partial charge on any atom is -0.480 e. The van der Waals surface area contributed by atoms with Crippen LogP contribution in [0.25, 0.3) is 10.9 Å². The molecule has 0 aliphatic carbocycles. The Balaban J connectivity index is 0.000000771. The quantitative estimate of drug-likeness (QED) is 0.302. The first-order valence-electron chi connectivity index (χ1n) is 12.2. The summed E-state index contributed by atoms with van der Waals surface area (Å²) < 4.78 is 11.0. The highest BCUT2D eigenvalue weighted by Crippen LogP contribution is 2.26. The number of para-hydroxylation sites is 1. The Morgan fingerprint density at radius 2 is 1.77 bits per heavy atom. The topological polar surface area (TPSA) is 158 Å². The van der Waals surface area contributed by atoms with Crippen LogP contribution >= 0.6 is 11.6 Å². The maximum atomic E-state index is 13.6. The molecule has 1 fully saturated rings. The van der Waals surface area contributed by atoms with Gasteiger partial charge in [0.05, 0.1) is 19.8 Å². The summed E-state index contributed by atoms with van der Waals surface area (Å²) >= 11 is 5.98. The fourth-order valence-corrected chi connectivity index (χ4v) is 4.37. The van der Waals surface area contributed by atoms with Crippen molar-refractivity contribution in [3.63, 3.8) is 0 Å². The number of pyridine rings is 1. The zero-order valence-corrected chi connectivity index (χ0v) is 22.1. The van der Waals surface area contributed by atoms with Gasteiger partial charge in [-0.15, -0.1) is 0 Å². The van der Waals surface area contributed by atoms with Crippen molar-refractivity contribution in [2.45, 2.75) is 19.0 Å². The molecule has 3 aromatic rings. The van der Waals surface area contributed by atoms with Crippen LogP contribution in [0.2, 0.25) is 5.02 Å². The van der Waals surface area contributed by atoms with Crippen molar-refractivity contribution in [2.24, 2.45) is 0 Å². The summed E-state index contributed by atoms with van der Waals surface area (Å²) in [7, 11) is 0. The Hall–Kier alpha value is -3.77. The Bertz CT molecular complexity index is 1360. The average molecular weight is 560 g/mol. The van der Waals surface area contributed by atoms with Crippen molar-refractivity contribution >= 4 is 40.3 Å². The van der Waals surface area contributed by atoms with E-state index in [-0.39, 0.29) is 18.6 Å². The van der Waals surface area contributed by atoms with Gasteiger partial charge < -0.3 is 30.0 Å². The molecule has 1 aliphatic heterocycles. The lowest BCUT2D eigenvalue weighted by molar-refractivity contribution is -0.163. The molecular weight excluding hydrogens is 530 g/mol. The number of rotatable bonds is 8. The van der Waals surface area contributed by atoms with Crippen LogP contribution in [0.1, 0.15) is 22.8 Å². The Morgan fingerprint density at radius 3 is 2.38 bits per heavy atom. The van der Waals surface area contributed by atoms with Crippen LogP contribution in [0.5, 0.6) is 0 Å². The molecule has 1 atom stereocenters. The highest BCUT2D eigenvalue weighted by Gasteiger charge is 2.48. The molecule has 4 N–H and O–H groups in total. The normalized spacial score (nSPS) is 14.9. The smallest absolute Gasteiger partial charge is 0.347 e. The van der Waals surface area contributed by atoms with Gasteiger partial charge in [-0.25, -0.2) is 9.59 Å². The van der Waals surface area contributed by atoms with E-state index >= 15 is 0 Å². The number of nitrogens with zero attached hydrogens (tertiary/aromatic N) is 1. The predicted octanol–water partition coefficient (Wildman–Crippen LogP) is 1.81. The van der Waals surface area contributed by atoms with Crippen LogP contribution in [-0.2, 0) is 25.5 Å². The molecular formula is C27H30ClN3O8. The van der Waals surface area contributed by atoms with Crippen LogP contribution in [0.15, 0.2) is 59.4 Å². The second kappa shape index (κ2) is 13.9. The summed E-state index contributed by atoms with van der Waals surface area (Å²) in [5.74, 6) is -2.24. The highest BCUT2D eigenvalue weighted by molar-refractivity contribution is 6.30. The van der Waals surface area contributed by atoms with E-state index in [0.717, 1.165) is 5.39 Å². The number of amides is 1. The number of hydrogen-bond donors (Lipinski definition) is 4. The maximum Gasteiger partial charge on any atom is 0.347 e. The van der Waals surface area contributed by atoms with E-state index in [4.69, 9.17) is 36.1 Å². The van der Waals surface area contributed by atoms with Gasteiger partial charge in [0.15, 0.2) is 5.66 Å². The monoisotopic (exact) mass is 559 g/mol. The van der Waals surface area contributed by atoms with E-state index in [1.54, 1.807) is 37.3 Å². The Morgan fingerprint density at radius 1 is 1.13 bits per heavy atom. The number of aliphatic hydroxyl groups excluding tert-OH is 1. The molecule has 0 saturated carbocycles. The molecule has 0 bridgehead atoms. The molecule has 12 heteroatoms. The Kier molecular flexibility index (Phi) is 10.6. The number of halogens is 1. The lowest BCUT2D eigenvalue weighted by Gasteiger charge is -2.44. The Labute approximate surface area is 229 Å². The average Bonchev–Trinajstić information content (AvgIpc) is 2.93. The number of esters is 1. The number of aromatic nitrogens is 1. The SMILES string of the molecule is CCOC(=O)C(Cc1cc(=O)[nH]c2ccccc12)(NC(=O)c1ccc(Cl)cc1)N1CCOCC1.O=C(O)CO. The van der Waals surface area contributed by atoms with Gasteiger partial charge in [-0.3, -0.25) is 14.5 Å². The summed E-state index contributed by atoms with van der Waals surface area (Å²) in [4.78, 5) is 53.2. The number of carboxylic acid groups (broad SMARTS) is 1. The minimum absolute atomic E-state index is 0.0373. The van der Waals surface area contributed by atoms with E-state index < -0.39 is 30.1 Å². The standard InChI is InChI=1S/C25H26ClN3O5.C2H4O3/c1-2-34-24(32)25(29-11-13-33-14-12-29,28-23(31)17-7-9-19(26)10-8-17)16-18-15-22(30)27-21-6-4-3-5-20(18)21;3-1-2(4)5/h3-10,15H,2,11-14,16H2,1H3,(H,27,30)(H,28,31);3H,1H2,(H,4,5). The fraction of sp³-hybridized carbons (Fsp3) is 0.333. The summed E-state index contributed by atoms with van der Waals surface area (Å²) in [6.45, 7) is 2.67. The van der Waals surface area contributed by atoms with E-state index in [1.165, 1.54) is 6.07 Å². The van der Waals surface area contributed by atoms with E-state index in [1.807, 2.05) is 23.1 Å². The molecule has 4 rings (SSSR count). The van der Waals surface area contributed by atoms with Crippen molar-refractivity contribution in [1.82, 2.24) is 15.2 Å². The van der Waals surface area contributed by atoms with Gasteiger partial charge in [0.1, 0.15) is 6.61 Å². The van der Waals surface area contributed by atoms with E-state index in [9.17, 15) is 14.4 Å². The van der Waals surface area contributed by atoms with E-state index in [2.05, 4.69) is 10.3 Å². The third-order valence-electron chi connectivity index (χ3n) is 6.01. The molecule has 2 heterocycles. The van der Waals surface area contributed by atoms with Crippen LogP contribution in [0.4, 0.5) is 0 Å². The zero-order valence-electron chi connectivity index (χ0n) is 21.3. The van der Waals surface area contributed by atoms with Gasteiger partial charge in [-0.1, -0.05) is 29.8 Å². The number of carboxylic acids is 1. The van der Waals surface area contributed by atoms with Gasteiger partial charge in [-0.05, 0) is 42.8 Å². The highest BCUT2D eigenvalue weighted by atomic mass is 35.5. The number of aliphatic carboxylic acids is 1. The number of fused-ring (bicyclic) bond motifs is 1. The van der Waals surface area contributed by atoms with Gasteiger partial charge in [-0.2, -0.15) is 0 Å². The number of ether oxygens (including phenoxy) is 2. The molecule has 1 unspecified atom stereocenters. The van der Waals surface area contributed by atoms with Crippen molar-refractivity contribution in [3.8, 4) is 0 Å². The van der Waals surface area contributed by atoms with Crippen LogP contribution in [-0.4, -0.2) is 83.1 Å². The number of H-pyrrole nitrogens is 1. The predicted molar refractivity (Wildman–Crippen MR) is 144 cm³/mol. The molecule has 0 radical (unpaired) electrons. The van der Waals surface area contributed by atoms with Gasteiger partial charge in [0.25, 0.3) is 5.91 Å². The molecule has 39 heavy (non-hydrogen) atoms. The number of aliphatic hydroxyl groups is 1. The number of carbonyl (C=O) groups is 3. The van der Waals surface area contributed by atoms with E-state index in [0.29, 0.717) is 48.0 Å². The molecule has 1 amide bonds. The summed E-state index contributed by atoms with van der Waals surface area (Å²) in [5, 5.41) is 19.2. The van der Waals surface area contributed by atoms with Crippen molar-refractivity contribution in [1.29, 1.82) is 0 Å². The molecule has 2 aromatic carbocycles. The number of nitrogens with one attached hydrogen (secondary N) is 2. The second-order valence-electron chi connectivity index (χ2n) is 8.57. The number of carbonyl (C=O) groups excluding carboxylic acids is 2. The summed E-state index contributed by atoms with van der Waals surface area (Å²) in [6, 6.07) is 15.2. The zero-order chi connectivity index (χ0) is 28.4. The number of aromatic amines is 1. The van der Waals surface area contributed by atoms with Gasteiger partial charge >= 0.3 is 11.9 Å². The molecule has 1 saturated heterocycles.